The Bertz CT molecular complexity index is 3300. The molecule has 3 aromatic heterocycles. The third-order valence-electron chi connectivity index (χ3n) is 11.4. The molecule has 0 amide bonds. The molecule has 1 aliphatic heterocycles. The fourth-order valence-corrected chi connectivity index (χ4v) is 10.2. The highest BCUT2D eigenvalue weighted by Crippen LogP contribution is 2.45. The number of aliphatic imine (C=N–C) groups is 2. The van der Waals surface area contributed by atoms with Crippen molar-refractivity contribution in [2.75, 3.05) is 0 Å². The molecule has 4 heterocycles. The van der Waals surface area contributed by atoms with Crippen molar-refractivity contribution < 1.29 is 0 Å². The minimum atomic E-state index is -0.00743. The van der Waals surface area contributed by atoms with E-state index < -0.39 is 0 Å². The smallest absolute Gasteiger partial charge is 0.0950 e. The van der Waals surface area contributed by atoms with E-state index in [-0.39, 0.29) is 12.1 Å². The molecule has 4 nitrogen and oxygen atoms in total. The molecular weight excluding hydrogens is 689 g/mol. The van der Waals surface area contributed by atoms with Crippen molar-refractivity contribution >= 4 is 86.5 Å². The highest BCUT2D eigenvalue weighted by molar-refractivity contribution is 7.26. The van der Waals surface area contributed by atoms with Gasteiger partial charge in [-0.15, -0.1) is 11.3 Å². The van der Waals surface area contributed by atoms with Gasteiger partial charge >= 0.3 is 0 Å². The van der Waals surface area contributed by atoms with Crippen molar-refractivity contribution in [1.82, 2.24) is 9.13 Å². The van der Waals surface area contributed by atoms with E-state index in [1.165, 1.54) is 63.8 Å². The Morgan fingerprint density at radius 1 is 0.418 bits per heavy atom. The van der Waals surface area contributed by atoms with Gasteiger partial charge in [-0.25, -0.2) is 0 Å². The number of thiophene rings is 1. The zero-order valence-electron chi connectivity index (χ0n) is 29.7. The fraction of sp³-hybridized carbons (Fsp3) is 0.0400. The maximum atomic E-state index is 5.31. The molecule has 0 radical (unpaired) electrons. The second-order valence-electron chi connectivity index (χ2n) is 14.5. The van der Waals surface area contributed by atoms with Crippen LogP contribution in [-0.2, 0) is 0 Å². The molecule has 2 aliphatic rings. The molecule has 2 atom stereocenters. The van der Waals surface area contributed by atoms with E-state index >= 15 is 0 Å². The zero-order valence-corrected chi connectivity index (χ0v) is 30.5. The largest absolute Gasteiger partial charge is 0.309 e. The summed E-state index contributed by atoms with van der Waals surface area (Å²) in [5.74, 6) is 0. The maximum absolute atomic E-state index is 5.31. The molecule has 2 unspecified atom stereocenters. The molecule has 1 aliphatic carbocycles. The summed E-state index contributed by atoms with van der Waals surface area (Å²) in [4.78, 5) is 10.6. The maximum Gasteiger partial charge on any atom is 0.0950 e. The van der Waals surface area contributed by atoms with Gasteiger partial charge in [0.1, 0.15) is 0 Å². The summed E-state index contributed by atoms with van der Waals surface area (Å²) in [5, 5.41) is 7.69. The molecule has 5 heteroatoms. The van der Waals surface area contributed by atoms with Crippen molar-refractivity contribution in [3.05, 3.63) is 193 Å². The first-order valence-corrected chi connectivity index (χ1v) is 19.6. The van der Waals surface area contributed by atoms with Crippen molar-refractivity contribution in [3.8, 4) is 11.4 Å². The van der Waals surface area contributed by atoms with Crippen LogP contribution < -0.4 is 0 Å². The lowest BCUT2D eigenvalue weighted by molar-refractivity contribution is 0.697. The lowest BCUT2D eigenvalue weighted by Gasteiger charge is -2.26. The van der Waals surface area contributed by atoms with Crippen molar-refractivity contribution in [1.29, 1.82) is 0 Å². The number of para-hydroxylation sites is 2. The van der Waals surface area contributed by atoms with Gasteiger partial charge in [0.15, 0.2) is 0 Å². The highest BCUT2D eigenvalue weighted by Gasteiger charge is 2.28. The molecule has 55 heavy (non-hydrogen) atoms. The van der Waals surface area contributed by atoms with Crippen LogP contribution in [0.3, 0.4) is 0 Å². The van der Waals surface area contributed by atoms with Crippen molar-refractivity contribution in [3.63, 3.8) is 0 Å². The Kier molecular flexibility index (Phi) is 6.59. The Hall–Kier alpha value is -6.82. The summed E-state index contributed by atoms with van der Waals surface area (Å²) < 4.78 is 7.52. The Labute approximate surface area is 320 Å². The Morgan fingerprint density at radius 2 is 1.02 bits per heavy atom. The van der Waals surface area contributed by atoms with E-state index in [1.54, 1.807) is 0 Å². The minimum absolute atomic E-state index is 0.00743. The molecule has 0 fully saturated rings. The molecule has 0 bridgehead atoms. The van der Waals surface area contributed by atoms with E-state index in [0.29, 0.717) is 0 Å². The average Bonchev–Trinajstić information content (AvgIpc) is 3.90. The van der Waals surface area contributed by atoms with Gasteiger partial charge in [-0.05, 0) is 54.6 Å². The molecule has 0 N–H and O–H groups in total. The number of hydrogen-bond donors (Lipinski definition) is 0. The molecule has 0 spiro atoms. The normalized spacial score (nSPS) is 16.8. The SMILES string of the molecule is C1=CC2N=C(c3ccccc3)C(c3ccc(-n4c5cc6c(cc5c5c7sc8ccccc8c7ccc54)c4ccccc4n6-c4ccccc4)cc3)=NC2C=C1. The predicted molar refractivity (Wildman–Crippen MR) is 233 cm³/mol. The fourth-order valence-electron chi connectivity index (χ4n) is 8.91. The predicted octanol–water partition coefficient (Wildman–Crippen LogP) is 12.4. The van der Waals surface area contributed by atoms with Gasteiger partial charge < -0.3 is 9.13 Å². The number of allylic oxidation sites excluding steroid dienone is 2. The monoisotopic (exact) mass is 720 g/mol. The van der Waals surface area contributed by atoms with Crippen molar-refractivity contribution in [2.24, 2.45) is 9.98 Å². The van der Waals surface area contributed by atoms with E-state index in [1.807, 2.05) is 11.3 Å². The quantitative estimate of drug-likeness (QED) is 0.174. The van der Waals surface area contributed by atoms with Gasteiger partial charge in [-0.1, -0.05) is 127 Å². The first-order valence-electron chi connectivity index (χ1n) is 18.8. The summed E-state index contributed by atoms with van der Waals surface area (Å²) in [5.41, 5.74) is 11.1. The topological polar surface area (TPSA) is 34.6 Å². The molecule has 258 valence electrons. The third-order valence-corrected chi connectivity index (χ3v) is 12.6. The first kappa shape index (κ1) is 30.6. The van der Waals surface area contributed by atoms with Gasteiger partial charge in [0.2, 0.25) is 0 Å². The second kappa shape index (κ2) is 11.8. The lowest BCUT2D eigenvalue weighted by atomic mass is 9.94. The summed E-state index contributed by atoms with van der Waals surface area (Å²) in [7, 11) is 0. The standard InChI is InChI=1S/C50H32N4S/c1-3-13-31(14-4-1)48-49(52-41-20-10-9-19-40(41)51-48)32-23-25-34(26-24-32)54-43-28-27-37-36-18-8-12-22-46(36)55-50(37)47(43)39-29-38-35-17-7-11-21-42(35)53(44(38)30-45(39)54)33-15-5-2-6-16-33/h1-30,40-41H. The van der Waals surface area contributed by atoms with Crippen LogP contribution >= 0.6 is 11.3 Å². The van der Waals surface area contributed by atoms with Crippen LogP contribution in [-0.4, -0.2) is 32.6 Å². The van der Waals surface area contributed by atoms with E-state index in [4.69, 9.17) is 9.98 Å². The molecule has 0 saturated heterocycles. The first-order chi connectivity index (χ1) is 27.3. The lowest BCUT2D eigenvalue weighted by Crippen LogP contribution is -2.33. The van der Waals surface area contributed by atoms with Gasteiger partial charge in [-0.3, -0.25) is 9.98 Å². The number of aromatic nitrogens is 2. The summed E-state index contributed by atoms with van der Waals surface area (Å²) in [6.45, 7) is 0. The van der Waals surface area contributed by atoms with Crippen LogP contribution in [0.4, 0.5) is 0 Å². The van der Waals surface area contributed by atoms with Gasteiger partial charge in [0.25, 0.3) is 0 Å². The molecule has 0 saturated carbocycles. The molecule has 10 aromatic rings. The van der Waals surface area contributed by atoms with Crippen LogP contribution in [0.1, 0.15) is 11.1 Å². The average molecular weight is 721 g/mol. The number of rotatable bonds is 4. The summed E-state index contributed by atoms with van der Waals surface area (Å²) in [6.07, 6.45) is 8.47. The highest BCUT2D eigenvalue weighted by atomic mass is 32.1. The van der Waals surface area contributed by atoms with E-state index in [9.17, 15) is 0 Å². The Balaban J connectivity index is 1.12. The van der Waals surface area contributed by atoms with Crippen molar-refractivity contribution in [2.45, 2.75) is 12.1 Å². The minimum Gasteiger partial charge on any atom is -0.309 e. The Morgan fingerprint density at radius 3 is 1.78 bits per heavy atom. The van der Waals surface area contributed by atoms with Gasteiger partial charge in [0.05, 0.1) is 45.6 Å². The zero-order chi connectivity index (χ0) is 36.0. The van der Waals surface area contributed by atoms with Gasteiger partial charge in [-0.2, -0.15) is 0 Å². The van der Waals surface area contributed by atoms with E-state index in [2.05, 4.69) is 191 Å². The summed E-state index contributed by atoms with van der Waals surface area (Å²) in [6, 6.07) is 57.3. The van der Waals surface area contributed by atoms with Crippen LogP contribution in [0, 0.1) is 0 Å². The summed E-state index contributed by atoms with van der Waals surface area (Å²) >= 11 is 1.90. The third kappa shape index (κ3) is 4.57. The number of nitrogens with zero attached hydrogens (tertiary/aromatic N) is 4. The van der Waals surface area contributed by atoms with Gasteiger partial charge in [0, 0.05) is 64.2 Å². The van der Waals surface area contributed by atoms with Crippen LogP contribution in [0.25, 0.3) is 75.2 Å². The van der Waals surface area contributed by atoms with E-state index in [0.717, 1.165) is 33.9 Å². The molecule has 7 aromatic carbocycles. The van der Waals surface area contributed by atoms with Crippen LogP contribution in [0.15, 0.2) is 192 Å². The van der Waals surface area contributed by atoms with Crippen LogP contribution in [0.5, 0.6) is 0 Å². The number of hydrogen-bond acceptors (Lipinski definition) is 3. The van der Waals surface area contributed by atoms with Crippen LogP contribution in [0.2, 0.25) is 0 Å². The molecule has 12 rings (SSSR count). The second-order valence-corrected chi connectivity index (χ2v) is 15.5. The number of benzene rings is 7. The number of fused-ring (bicyclic) bond motifs is 11. The molecular formula is C50H32N4S.